The van der Waals surface area contributed by atoms with Crippen molar-refractivity contribution in [3.8, 4) is 0 Å². The molecule has 0 aliphatic carbocycles. The van der Waals surface area contributed by atoms with E-state index in [9.17, 15) is 20.2 Å². The minimum Gasteiger partial charge on any atom is -0.367 e. The van der Waals surface area contributed by atoms with Crippen LogP contribution in [0.25, 0.3) is 0 Å². The number of hydrogen-bond acceptors (Lipinski definition) is 6. The third kappa shape index (κ3) is 3.66. The fraction of sp³-hybridized carbons (Fsp3) is 0.250. The number of halogens is 2. The number of anilines is 2. The van der Waals surface area contributed by atoms with Crippen LogP contribution < -0.4 is 9.80 Å². The van der Waals surface area contributed by atoms with Crippen LogP contribution in [-0.2, 0) is 0 Å². The molecular formula is C16H14Cl2N4O4. The molecule has 0 spiro atoms. The molecule has 1 heterocycles. The van der Waals surface area contributed by atoms with Crippen LogP contribution in [0.3, 0.4) is 0 Å². The second-order valence-electron chi connectivity index (χ2n) is 5.76. The summed E-state index contributed by atoms with van der Waals surface area (Å²) in [6.45, 7) is 2.57. The zero-order valence-electron chi connectivity index (χ0n) is 13.5. The summed E-state index contributed by atoms with van der Waals surface area (Å²) >= 11 is 12.4. The number of piperazine rings is 1. The molecule has 0 aromatic heterocycles. The van der Waals surface area contributed by atoms with E-state index in [1.54, 1.807) is 12.1 Å². The van der Waals surface area contributed by atoms with Gasteiger partial charge in [0.25, 0.3) is 11.4 Å². The maximum Gasteiger partial charge on any atom is 0.271 e. The van der Waals surface area contributed by atoms with Gasteiger partial charge in [-0.05, 0) is 12.1 Å². The third-order valence-corrected chi connectivity index (χ3v) is 4.85. The molecular weight excluding hydrogens is 383 g/mol. The zero-order valence-corrected chi connectivity index (χ0v) is 15.0. The Labute approximate surface area is 158 Å². The predicted octanol–water partition coefficient (Wildman–Crippen LogP) is 4.14. The first kappa shape index (κ1) is 18.2. The van der Waals surface area contributed by atoms with Gasteiger partial charge in [-0.2, -0.15) is 0 Å². The lowest BCUT2D eigenvalue weighted by molar-refractivity contribution is -0.385. The Morgan fingerprint density at radius 1 is 0.731 bits per heavy atom. The SMILES string of the molecule is O=[N+]([O-])c1ccc(N2CCN(c3ccc([N+](=O)[O-])cc3Cl)CC2)c(Cl)c1. The van der Waals surface area contributed by atoms with Crippen molar-refractivity contribution >= 4 is 46.0 Å². The quantitative estimate of drug-likeness (QED) is 0.569. The average molecular weight is 397 g/mol. The van der Waals surface area contributed by atoms with Crippen LogP contribution in [0, 0.1) is 20.2 Å². The number of nitro benzene ring substituents is 2. The van der Waals surface area contributed by atoms with E-state index in [0.717, 1.165) is 11.4 Å². The van der Waals surface area contributed by atoms with Crippen LogP contribution >= 0.6 is 23.2 Å². The summed E-state index contributed by atoms with van der Waals surface area (Å²) in [4.78, 5) is 24.7. The highest BCUT2D eigenvalue weighted by Gasteiger charge is 2.22. The summed E-state index contributed by atoms with van der Waals surface area (Å²) in [5, 5.41) is 22.3. The second kappa shape index (κ2) is 7.35. The molecule has 1 fully saturated rings. The van der Waals surface area contributed by atoms with Crippen molar-refractivity contribution in [1.29, 1.82) is 0 Å². The molecule has 10 heteroatoms. The van der Waals surface area contributed by atoms with Crippen molar-refractivity contribution in [2.45, 2.75) is 0 Å². The van der Waals surface area contributed by atoms with Gasteiger partial charge in [0.1, 0.15) is 0 Å². The lowest BCUT2D eigenvalue weighted by atomic mass is 10.2. The van der Waals surface area contributed by atoms with E-state index in [1.807, 2.05) is 9.80 Å². The summed E-state index contributed by atoms with van der Waals surface area (Å²) in [5.41, 5.74) is 1.39. The Bertz CT molecular complexity index is 798. The van der Waals surface area contributed by atoms with Gasteiger partial charge < -0.3 is 9.80 Å². The van der Waals surface area contributed by atoms with Crippen molar-refractivity contribution in [2.24, 2.45) is 0 Å². The van der Waals surface area contributed by atoms with Gasteiger partial charge >= 0.3 is 0 Å². The fourth-order valence-electron chi connectivity index (χ4n) is 2.92. The Balaban J connectivity index is 1.72. The first-order valence-corrected chi connectivity index (χ1v) is 8.50. The lowest BCUT2D eigenvalue weighted by Crippen LogP contribution is -2.46. The summed E-state index contributed by atoms with van der Waals surface area (Å²) in [6.07, 6.45) is 0. The third-order valence-electron chi connectivity index (χ3n) is 4.25. The molecule has 1 aliphatic heterocycles. The van der Waals surface area contributed by atoms with E-state index in [0.29, 0.717) is 36.2 Å². The van der Waals surface area contributed by atoms with Gasteiger partial charge in [0.2, 0.25) is 0 Å². The van der Waals surface area contributed by atoms with Crippen LogP contribution in [0.15, 0.2) is 36.4 Å². The number of hydrogen-bond donors (Lipinski definition) is 0. The van der Waals surface area contributed by atoms with Crippen LogP contribution in [0.1, 0.15) is 0 Å². The molecule has 2 aromatic carbocycles. The van der Waals surface area contributed by atoms with Crippen molar-refractivity contribution in [1.82, 2.24) is 0 Å². The standard InChI is InChI=1S/C16H14Cl2N4O4/c17-13-9-11(21(23)24)1-3-15(13)19-5-7-20(8-6-19)16-4-2-12(22(25)26)10-14(16)18/h1-4,9-10H,5-8H2. The van der Waals surface area contributed by atoms with E-state index in [2.05, 4.69) is 0 Å². The van der Waals surface area contributed by atoms with E-state index >= 15 is 0 Å². The van der Waals surface area contributed by atoms with E-state index in [-0.39, 0.29) is 11.4 Å². The molecule has 0 bridgehead atoms. The van der Waals surface area contributed by atoms with Crippen molar-refractivity contribution in [3.05, 3.63) is 66.7 Å². The lowest BCUT2D eigenvalue weighted by Gasteiger charge is -2.38. The molecule has 1 aliphatic rings. The first-order chi connectivity index (χ1) is 12.4. The molecule has 2 aromatic rings. The van der Waals surface area contributed by atoms with E-state index in [4.69, 9.17) is 23.2 Å². The van der Waals surface area contributed by atoms with Gasteiger partial charge in [0, 0.05) is 50.4 Å². The largest absolute Gasteiger partial charge is 0.367 e. The minimum atomic E-state index is -0.482. The van der Waals surface area contributed by atoms with E-state index < -0.39 is 9.85 Å². The Morgan fingerprint density at radius 2 is 1.08 bits per heavy atom. The molecule has 0 radical (unpaired) electrons. The number of benzene rings is 2. The van der Waals surface area contributed by atoms with Crippen LogP contribution in [0.5, 0.6) is 0 Å². The highest BCUT2D eigenvalue weighted by atomic mass is 35.5. The summed E-state index contributed by atoms with van der Waals surface area (Å²) in [5.74, 6) is 0. The summed E-state index contributed by atoms with van der Waals surface area (Å²) in [6, 6.07) is 8.85. The number of rotatable bonds is 4. The maximum atomic E-state index is 10.8. The molecule has 136 valence electrons. The van der Waals surface area contributed by atoms with Crippen molar-refractivity contribution < 1.29 is 9.85 Å². The maximum absolute atomic E-state index is 10.8. The van der Waals surface area contributed by atoms with Gasteiger partial charge in [-0.25, -0.2) is 0 Å². The van der Waals surface area contributed by atoms with Gasteiger partial charge in [-0.3, -0.25) is 20.2 Å². The highest BCUT2D eigenvalue weighted by Crippen LogP contribution is 2.33. The molecule has 8 nitrogen and oxygen atoms in total. The van der Waals surface area contributed by atoms with Crippen molar-refractivity contribution in [2.75, 3.05) is 36.0 Å². The average Bonchev–Trinajstić information content (AvgIpc) is 2.61. The molecule has 3 rings (SSSR count). The monoisotopic (exact) mass is 396 g/mol. The second-order valence-corrected chi connectivity index (χ2v) is 6.57. The Kier molecular flexibility index (Phi) is 5.15. The Morgan fingerprint density at radius 3 is 1.35 bits per heavy atom. The number of nitrogens with zero attached hydrogens (tertiary/aromatic N) is 4. The van der Waals surface area contributed by atoms with Gasteiger partial charge in [-0.1, -0.05) is 23.2 Å². The van der Waals surface area contributed by atoms with Crippen LogP contribution in [-0.4, -0.2) is 36.0 Å². The summed E-state index contributed by atoms with van der Waals surface area (Å²) in [7, 11) is 0. The molecule has 26 heavy (non-hydrogen) atoms. The molecule has 0 N–H and O–H groups in total. The number of nitro groups is 2. The molecule has 0 atom stereocenters. The van der Waals surface area contributed by atoms with Crippen LogP contribution in [0.4, 0.5) is 22.7 Å². The zero-order chi connectivity index (χ0) is 18.8. The molecule has 0 amide bonds. The molecule has 1 saturated heterocycles. The molecule has 0 saturated carbocycles. The summed E-state index contributed by atoms with van der Waals surface area (Å²) < 4.78 is 0. The van der Waals surface area contributed by atoms with Gasteiger partial charge in [0.05, 0.1) is 31.3 Å². The minimum absolute atomic E-state index is 0.0463. The van der Waals surface area contributed by atoms with Crippen LogP contribution in [0.2, 0.25) is 10.0 Å². The van der Waals surface area contributed by atoms with Gasteiger partial charge in [0.15, 0.2) is 0 Å². The molecule has 0 unspecified atom stereocenters. The smallest absolute Gasteiger partial charge is 0.271 e. The predicted molar refractivity (Wildman–Crippen MR) is 101 cm³/mol. The van der Waals surface area contributed by atoms with Crippen molar-refractivity contribution in [3.63, 3.8) is 0 Å². The highest BCUT2D eigenvalue weighted by molar-refractivity contribution is 6.34. The topological polar surface area (TPSA) is 92.8 Å². The normalized spacial score (nSPS) is 14.4. The Hall–Kier alpha value is -2.58. The van der Waals surface area contributed by atoms with E-state index in [1.165, 1.54) is 24.3 Å². The fourth-order valence-corrected chi connectivity index (χ4v) is 3.51. The van der Waals surface area contributed by atoms with Gasteiger partial charge in [-0.15, -0.1) is 0 Å². The first-order valence-electron chi connectivity index (χ1n) is 7.74. The number of non-ortho nitro benzene ring substituents is 2.